The quantitative estimate of drug-likeness (QED) is 0.736. The first-order valence-corrected chi connectivity index (χ1v) is 8.43. The van der Waals surface area contributed by atoms with Crippen LogP contribution >= 0.6 is 11.3 Å². The molecular formula is C19H16FNO2S. The molecule has 0 radical (unpaired) electrons. The SMILES string of the molecule is O=C(NC[C@@H](O)c1ccc(-c2ccsc2)cc1)c1ccccc1F. The Morgan fingerprint density at radius 2 is 1.83 bits per heavy atom. The van der Waals surface area contributed by atoms with Crippen molar-refractivity contribution < 1.29 is 14.3 Å². The summed E-state index contributed by atoms with van der Waals surface area (Å²) in [7, 11) is 0. The fraction of sp³-hybridized carbons (Fsp3) is 0.105. The Bertz CT molecular complexity index is 816. The second-order valence-corrected chi connectivity index (χ2v) is 6.12. The van der Waals surface area contributed by atoms with Crippen LogP contribution < -0.4 is 5.32 Å². The Balaban J connectivity index is 1.62. The second kappa shape index (κ2) is 7.38. The molecule has 2 aromatic carbocycles. The lowest BCUT2D eigenvalue weighted by molar-refractivity contribution is 0.0912. The van der Waals surface area contributed by atoms with Crippen molar-refractivity contribution in [2.45, 2.75) is 6.10 Å². The number of halogens is 1. The van der Waals surface area contributed by atoms with E-state index >= 15 is 0 Å². The molecule has 0 saturated carbocycles. The van der Waals surface area contributed by atoms with Crippen molar-refractivity contribution in [1.29, 1.82) is 0 Å². The molecule has 122 valence electrons. The van der Waals surface area contributed by atoms with Gasteiger partial charge in [-0.25, -0.2) is 4.39 Å². The second-order valence-electron chi connectivity index (χ2n) is 5.34. The highest BCUT2D eigenvalue weighted by atomic mass is 32.1. The minimum Gasteiger partial charge on any atom is -0.387 e. The molecule has 1 amide bonds. The van der Waals surface area contributed by atoms with Gasteiger partial charge in [-0.2, -0.15) is 11.3 Å². The third-order valence-corrected chi connectivity index (χ3v) is 4.41. The lowest BCUT2D eigenvalue weighted by Crippen LogP contribution is -2.29. The summed E-state index contributed by atoms with van der Waals surface area (Å²) in [6.07, 6.45) is -0.850. The Morgan fingerprint density at radius 1 is 1.08 bits per heavy atom. The van der Waals surface area contributed by atoms with Gasteiger partial charge < -0.3 is 10.4 Å². The van der Waals surface area contributed by atoms with Crippen molar-refractivity contribution in [1.82, 2.24) is 5.32 Å². The van der Waals surface area contributed by atoms with Gasteiger partial charge >= 0.3 is 0 Å². The predicted molar refractivity (Wildman–Crippen MR) is 93.4 cm³/mol. The molecule has 0 unspecified atom stereocenters. The lowest BCUT2D eigenvalue weighted by atomic mass is 10.0. The number of hydrogen-bond donors (Lipinski definition) is 2. The lowest BCUT2D eigenvalue weighted by Gasteiger charge is -2.13. The van der Waals surface area contributed by atoms with Gasteiger partial charge in [-0.15, -0.1) is 0 Å². The topological polar surface area (TPSA) is 49.3 Å². The summed E-state index contributed by atoms with van der Waals surface area (Å²) in [5.74, 6) is -1.12. The van der Waals surface area contributed by atoms with Gasteiger partial charge in [0.15, 0.2) is 0 Å². The largest absolute Gasteiger partial charge is 0.387 e. The van der Waals surface area contributed by atoms with Crippen molar-refractivity contribution in [2.24, 2.45) is 0 Å². The first kappa shape index (κ1) is 16.4. The molecule has 1 atom stereocenters. The average molecular weight is 341 g/mol. The van der Waals surface area contributed by atoms with Crippen molar-refractivity contribution in [3.8, 4) is 11.1 Å². The van der Waals surface area contributed by atoms with Crippen molar-refractivity contribution >= 4 is 17.2 Å². The fourth-order valence-corrected chi connectivity index (χ4v) is 3.04. The molecular weight excluding hydrogens is 325 g/mol. The molecule has 0 aliphatic rings. The Morgan fingerprint density at radius 3 is 2.50 bits per heavy atom. The van der Waals surface area contributed by atoms with E-state index in [4.69, 9.17) is 0 Å². The summed E-state index contributed by atoms with van der Waals surface area (Å²) >= 11 is 1.63. The van der Waals surface area contributed by atoms with Crippen LogP contribution in [0, 0.1) is 5.82 Å². The van der Waals surface area contributed by atoms with E-state index in [2.05, 4.69) is 10.7 Å². The predicted octanol–water partition coefficient (Wildman–Crippen LogP) is 4.02. The van der Waals surface area contributed by atoms with Crippen LogP contribution in [0.3, 0.4) is 0 Å². The summed E-state index contributed by atoms with van der Waals surface area (Å²) in [5.41, 5.74) is 2.87. The smallest absolute Gasteiger partial charge is 0.254 e. The van der Waals surface area contributed by atoms with Crippen LogP contribution in [-0.4, -0.2) is 17.6 Å². The summed E-state index contributed by atoms with van der Waals surface area (Å²) in [6, 6.07) is 15.3. The highest BCUT2D eigenvalue weighted by Crippen LogP contribution is 2.24. The van der Waals surface area contributed by atoms with Gasteiger partial charge in [0.1, 0.15) is 5.82 Å². The van der Waals surface area contributed by atoms with Gasteiger partial charge in [-0.1, -0.05) is 36.4 Å². The van der Waals surface area contributed by atoms with Gasteiger partial charge in [-0.05, 0) is 45.6 Å². The zero-order valence-corrected chi connectivity index (χ0v) is 13.6. The van der Waals surface area contributed by atoms with Crippen LogP contribution in [-0.2, 0) is 0 Å². The van der Waals surface area contributed by atoms with E-state index in [1.54, 1.807) is 17.4 Å². The highest BCUT2D eigenvalue weighted by molar-refractivity contribution is 7.08. The molecule has 2 N–H and O–H groups in total. The Kier molecular flexibility index (Phi) is 5.03. The maximum absolute atomic E-state index is 13.5. The molecule has 0 aliphatic heterocycles. The molecule has 0 spiro atoms. The summed E-state index contributed by atoms with van der Waals surface area (Å²) < 4.78 is 13.5. The van der Waals surface area contributed by atoms with E-state index in [9.17, 15) is 14.3 Å². The van der Waals surface area contributed by atoms with Crippen LogP contribution in [0.2, 0.25) is 0 Å². The fourth-order valence-electron chi connectivity index (χ4n) is 2.37. The molecule has 0 aliphatic carbocycles. The minimum atomic E-state index is -0.850. The molecule has 0 fully saturated rings. The van der Waals surface area contributed by atoms with E-state index in [0.29, 0.717) is 5.56 Å². The number of aliphatic hydroxyl groups is 1. The van der Waals surface area contributed by atoms with E-state index in [1.165, 1.54) is 18.2 Å². The summed E-state index contributed by atoms with van der Waals surface area (Å²) in [4.78, 5) is 11.9. The van der Waals surface area contributed by atoms with Gasteiger partial charge in [0.05, 0.1) is 11.7 Å². The van der Waals surface area contributed by atoms with Crippen LogP contribution in [0.4, 0.5) is 4.39 Å². The van der Waals surface area contributed by atoms with Crippen LogP contribution in [0.25, 0.3) is 11.1 Å². The third kappa shape index (κ3) is 3.69. The van der Waals surface area contributed by atoms with Gasteiger partial charge in [0.25, 0.3) is 5.91 Å². The third-order valence-electron chi connectivity index (χ3n) is 3.72. The molecule has 1 aromatic heterocycles. The number of aliphatic hydroxyl groups excluding tert-OH is 1. The van der Waals surface area contributed by atoms with Crippen LogP contribution in [0.15, 0.2) is 65.4 Å². The monoisotopic (exact) mass is 341 g/mol. The van der Waals surface area contributed by atoms with Crippen molar-refractivity contribution in [3.63, 3.8) is 0 Å². The van der Waals surface area contributed by atoms with Crippen LogP contribution in [0.5, 0.6) is 0 Å². The van der Waals surface area contributed by atoms with Gasteiger partial charge in [0.2, 0.25) is 0 Å². The number of nitrogens with one attached hydrogen (secondary N) is 1. The normalized spacial score (nSPS) is 11.9. The molecule has 1 heterocycles. The number of hydrogen-bond acceptors (Lipinski definition) is 3. The van der Waals surface area contributed by atoms with Crippen molar-refractivity contribution in [2.75, 3.05) is 6.54 Å². The number of amides is 1. The first-order valence-electron chi connectivity index (χ1n) is 7.48. The number of benzene rings is 2. The van der Waals surface area contributed by atoms with E-state index in [0.717, 1.165) is 11.1 Å². The molecule has 3 nitrogen and oxygen atoms in total. The number of carbonyl (C=O) groups is 1. The minimum absolute atomic E-state index is 0.0188. The average Bonchev–Trinajstić information content (AvgIpc) is 3.14. The molecule has 24 heavy (non-hydrogen) atoms. The molecule has 0 saturated heterocycles. The molecule has 5 heteroatoms. The van der Waals surface area contributed by atoms with E-state index < -0.39 is 17.8 Å². The first-order chi connectivity index (χ1) is 11.6. The van der Waals surface area contributed by atoms with Crippen molar-refractivity contribution in [3.05, 3.63) is 82.3 Å². The highest BCUT2D eigenvalue weighted by Gasteiger charge is 2.13. The number of carbonyl (C=O) groups excluding carboxylic acids is 1. The number of rotatable bonds is 5. The zero-order valence-electron chi connectivity index (χ0n) is 12.8. The summed E-state index contributed by atoms with van der Waals surface area (Å²) in [5, 5.41) is 16.8. The maximum atomic E-state index is 13.5. The molecule has 0 bridgehead atoms. The Hall–Kier alpha value is -2.50. The standard InChI is InChI=1S/C19H16FNO2S/c20-17-4-2-1-3-16(17)19(23)21-11-18(22)14-7-5-13(6-8-14)15-9-10-24-12-15/h1-10,12,18,22H,11H2,(H,21,23)/t18-/m1/s1. The van der Waals surface area contributed by atoms with Gasteiger partial charge in [-0.3, -0.25) is 4.79 Å². The van der Waals surface area contributed by atoms with E-state index in [1.807, 2.05) is 35.7 Å². The summed E-state index contributed by atoms with van der Waals surface area (Å²) in [6.45, 7) is 0.0188. The van der Waals surface area contributed by atoms with Crippen LogP contribution in [0.1, 0.15) is 22.0 Å². The maximum Gasteiger partial charge on any atom is 0.254 e. The van der Waals surface area contributed by atoms with E-state index in [-0.39, 0.29) is 12.1 Å². The van der Waals surface area contributed by atoms with Gasteiger partial charge in [0, 0.05) is 6.54 Å². The Labute approximate surface area is 143 Å². The number of thiophene rings is 1. The molecule has 3 rings (SSSR count). The molecule has 3 aromatic rings. The zero-order chi connectivity index (χ0) is 16.9.